The van der Waals surface area contributed by atoms with E-state index in [-0.39, 0.29) is 23.1 Å². The van der Waals surface area contributed by atoms with E-state index in [1.807, 2.05) is 36.4 Å². The number of hydrogen-bond donors (Lipinski definition) is 3. The van der Waals surface area contributed by atoms with Gasteiger partial charge in [0, 0.05) is 14.7 Å². The summed E-state index contributed by atoms with van der Waals surface area (Å²) in [7, 11) is 1.60. The summed E-state index contributed by atoms with van der Waals surface area (Å²) in [4.78, 5) is 0. The number of nitrogens with zero attached hydrogens (tertiary/aromatic N) is 2. The van der Waals surface area contributed by atoms with Crippen LogP contribution in [0.3, 0.4) is 0 Å². The van der Waals surface area contributed by atoms with Crippen LogP contribution in [0.5, 0.6) is 17.4 Å². The number of aromatic amines is 1. The van der Waals surface area contributed by atoms with Crippen LogP contribution in [-0.2, 0) is 0 Å². The van der Waals surface area contributed by atoms with Crippen LogP contribution in [0.2, 0.25) is 0 Å². The number of nitrogens with two attached hydrogens (primary N) is 1. The lowest BCUT2D eigenvalue weighted by molar-refractivity contribution is 0.377. The molecule has 1 aromatic heterocycles. The molecule has 146 valence electrons. The highest BCUT2D eigenvalue weighted by molar-refractivity contribution is 14.1. The van der Waals surface area contributed by atoms with Gasteiger partial charge in [-0.3, -0.25) is 5.10 Å². The number of phenols is 1. The molecule has 4 N–H and O–H groups in total. The van der Waals surface area contributed by atoms with Gasteiger partial charge in [-0.1, -0.05) is 0 Å². The van der Waals surface area contributed by atoms with E-state index in [2.05, 4.69) is 61.4 Å². The van der Waals surface area contributed by atoms with Crippen LogP contribution in [0, 0.1) is 18.5 Å². The minimum atomic E-state index is -0.622. The maximum absolute atomic E-state index is 10.8. The van der Waals surface area contributed by atoms with E-state index in [4.69, 9.17) is 15.2 Å². The molecule has 1 unspecified atom stereocenters. The van der Waals surface area contributed by atoms with E-state index >= 15 is 0 Å². The molecule has 2 aromatic carbocycles. The quantitative estimate of drug-likeness (QED) is 0.382. The first-order valence-corrected chi connectivity index (χ1v) is 10.6. The number of aromatic nitrogens is 2. The molecule has 0 bridgehead atoms. The number of fused-ring (bicyclic) bond motifs is 1. The molecule has 1 atom stereocenters. The summed E-state index contributed by atoms with van der Waals surface area (Å²) in [6.07, 6.45) is 0. The van der Waals surface area contributed by atoms with E-state index in [0.29, 0.717) is 20.4 Å². The molecule has 3 aromatic rings. The van der Waals surface area contributed by atoms with E-state index in [0.717, 1.165) is 14.9 Å². The topological polar surface area (TPSA) is 117 Å². The predicted octanol–water partition coefficient (Wildman–Crippen LogP) is 4.22. The molecule has 0 spiro atoms. The lowest BCUT2D eigenvalue weighted by Crippen LogP contribution is -2.21. The Bertz CT molecular complexity index is 1180. The van der Waals surface area contributed by atoms with Gasteiger partial charge >= 0.3 is 0 Å². The number of H-pyrrole nitrogens is 1. The van der Waals surface area contributed by atoms with Crippen LogP contribution >= 0.6 is 45.2 Å². The summed E-state index contributed by atoms with van der Waals surface area (Å²) >= 11 is 4.25. The van der Waals surface area contributed by atoms with Crippen molar-refractivity contribution in [2.24, 2.45) is 5.73 Å². The summed E-state index contributed by atoms with van der Waals surface area (Å²) in [5, 5.41) is 27.9. The number of nitriles is 1. The average molecular weight is 612 g/mol. The molecule has 4 rings (SSSR count). The van der Waals surface area contributed by atoms with Gasteiger partial charge in [0.05, 0.1) is 27.9 Å². The largest absolute Gasteiger partial charge is 0.507 e. The zero-order valence-electron chi connectivity index (χ0n) is 15.0. The smallest absolute Gasteiger partial charge is 0.244 e. The Labute approximate surface area is 193 Å². The van der Waals surface area contributed by atoms with Gasteiger partial charge in [0.1, 0.15) is 23.1 Å². The van der Waals surface area contributed by atoms with Crippen LogP contribution in [0.25, 0.3) is 11.3 Å². The van der Waals surface area contributed by atoms with Gasteiger partial charge in [0.25, 0.3) is 0 Å². The van der Waals surface area contributed by atoms with Gasteiger partial charge < -0.3 is 20.3 Å². The van der Waals surface area contributed by atoms with Crippen molar-refractivity contribution in [1.29, 1.82) is 5.26 Å². The molecule has 0 saturated carbocycles. The summed E-state index contributed by atoms with van der Waals surface area (Å²) in [5.74, 6) is 0.465. The van der Waals surface area contributed by atoms with Crippen LogP contribution in [-0.4, -0.2) is 22.4 Å². The van der Waals surface area contributed by atoms with Crippen molar-refractivity contribution < 1.29 is 14.6 Å². The van der Waals surface area contributed by atoms with Crippen LogP contribution in [0.4, 0.5) is 0 Å². The van der Waals surface area contributed by atoms with Crippen molar-refractivity contribution in [1.82, 2.24) is 10.2 Å². The summed E-state index contributed by atoms with van der Waals surface area (Å²) in [6.45, 7) is 0. The fourth-order valence-corrected chi connectivity index (χ4v) is 5.23. The zero-order chi connectivity index (χ0) is 20.7. The van der Waals surface area contributed by atoms with Crippen molar-refractivity contribution in [3.05, 3.63) is 66.1 Å². The Morgan fingerprint density at radius 1 is 1.28 bits per heavy atom. The van der Waals surface area contributed by atoms with E-state index in [1.54, 1.807) is 7.11 Å². The second kappa shape index (κ2) is 7.75. The number of phenolic OH excluding ortho intramolecular Hbond substituents is 1. The van der Waals surface area contributed by atoms with Gasteiger partial charge in [0.2, 0.25) is 11.8 Å². The van der Waals surface area contributed by atoms with Crippen LogP contribution in [0.1, 0.15) is 17.0 Å². The second-order valence-corrected chi connectivity index (χ2v) is 8.70. The molecule has 0 radical (unpaired) electrons. The average Bonchev–Trinajstić information content (AvgIpc) is 3.13. The van der Waals surface area contributed by atoms with Crippen molar-refractivity contribution in [2.45, 2.75) is 5.92 Å². The molecule has 2 heterocycles. The SMILES string of the molecule is COc1ccc(-c2[nH]nc3c2C(c2cc(I)cc(I)c2O)C(C#N)=C(N)O3)cc1. The molecule has 1 aliphatic rings. The number of methoxy groups -OCH3 is 1. The molecular formula is C20H14I2N4O3. The number of nitrogens with one attached hydrogen (secondary N) is 1. The molecule has 0 aliphatic carbocycles. The first kappa shape index (κ1) is 19.8. The van der Waals surface area contributed by atoms with Crippen molar-refractivity contribution in [3.63, 3.8) is 0 Å². The number of halogens is 2. The van der Waals surface area contributed by atoms with E-state index in [9.17, 15) is 10.4 Å². The number of hydrogen-bond acceptors (Lipinski definition) is 6. The Kier molecular flexibility index (Phi) is 5.30. The lowest BCUT2D eigenvalue weighted by atomic mass is 9.82. The highest BCUT2D eigenvalue weighted by Crippen LogP contribution is 2.48. The lowest BCUT2D eigenvalue weighted by Gasteiger charge is -2.25. The standard InChI is InChI=1S/C20H14I2N4O3/c1-28-11-4-2-9(3-5-11)17-16-15(12-6-10(21)7-14(22)18(12)27)13(8-23)19(24)29-20(16)26-25-17/h2-7,15,27H,24H2,1H3,(H,25,26). The molecule has 7 nitrogen and oxygen atoms in total. The molecule has 0 amide bonds. The number of rotatable bonds is 3. The van der Waals surface area contributed by atoms with Gasteiger partial charge in [-0.15, -0.1) is 5.10 Å². The molecule has 9 heteroatoms. The van der Waals surface area contributed by atoms with Gasteiger partial charge in [0.15, 0.2) is 0 Å². The van der Waals surface area contributed by atoms with Crippen LogP contribution < -0.4 is 15.2 Å². The second-order valence-electron chi connectivity index (χ2n) is 6.30. The van der Waals surface area contributed by atoms with Gasteiger partial charge in [-0.05, 0) is 81.6 Å². The first-order valence-electron chi connectivity index (χ1n) is 8.42. The third kappa shape index (κ3) is 3.40. The Hall–Kier alpha value is -2.46. The van der Waals surface area contributed by atoms with Crippen molar-refractivity contribution in [3.8, 4) is 34.7 Å². The van der Waals surface area contributed by atoms with Gasteiger partial charge in [-0.2, -0.15) is 5.26 Å². The van der Waals surface area contributed by atoms with Crippen molar-refractivity contribution in [2.75, 3.05) is 7.11 Å². The predicted molar refractivity (Wildman–Crippen MR) is 123 cm³/mol. The number of aromatic hydroxyl groups is 1. The molecular weight excluding hydrogens is 598 g/mol. The fourth-order valence-electron chi connectivity index (χ4n) is 3.34. The minimum Gasteiger partial charge on any atom is -0.507 e. The normalized spacial score (nSPS) is 15.4. The highest BCUT2D eigenvalue weighted by atomic mass is 127. The Morgan fingerprint density at radius 3 is 2.66 bits per heavy atom. The maximum Gasteiger partial charge on any atom is 0.244 e. The number of benzene rings is 2. The zero-order valence-corrected chi connectivity index (χ0v) is 19.3. The molecule has 0 fully saturated rings. The monoisotopic (exact) mass is 612 g/mol. The fraction of sp³-hybridized carbons (Fsp3) is 0.100. The maximum atomic E-state index is 10.8. The Morgan fingerprint density at radius 2 is 2.00 bits per heavy atom. The molecule has 29 heavy (non-hydrogen) atoms. The number of allylic oxidation sites excluding steroid dienone is 1. The van der Waals surface area contributed by atoms with Crippen molar-refractivity contribution >= 4 is 45.2 Å². The molecule has 0 saturated heterocycles. The van der Waals surface area contributed by atoms with E-state index in [1.165, 1.54) is 0 Å². The minimum absolute atomic E-state index is 0.0222. The first-order chi connectivity index (χ1) is 13.9. The highest BCUT2D eigenvalue weighted by Gasteiger charge is 2.37. The molecule has 1 aliphatic heterocycles. The summed E-state index contributed by atoms with van der Waals surface area (Å²) < 4.78 is 12.5. The Balaban J connectivity index is 1.97. The van der Waals surface area contributed by atoms with Crippen LogP contribution in [0.15, 0.2) is 47.9 Å². The third-order valence-corrected chi connectivity index (χ3v) is 6.13. The summed E-state index contributed by atoms with van der Waals surface area (Å²) in [5.41, 5.74) is 8.99. The summed E-state index contributed by atoms with van der Waals surface area (Å²) in [6, 6.07) is 13.3. The third-order valence-electron chi connectivity index (χ3n) is 4.69. The van der Waals surface area contributed by atoms with E-state index < -0.39 is 5.92 Å². The number of ether oxygens (including phenoxy) is 2. The van der Waals surface area contributed by atoms with Gasteiger partial charge in [-0.25, -0.2) is 0 Å².